The molecule has 4 rings (SSSR count). The number of likely N-dealkylation sites (tertiary alicyclic amines) is 1. The lowest BCUT2D eigenvalue weighted by Crippen LogP contribution is -2.45. The van der Waals surface area contributed by atoms with Crippen LogP contribution in [0.15, 0.2) is 67.0 Å². The minimum absolute atomic E-state index is 0.0585. The lowest BCUT2D eigenvalue weighted by atomic mass is 9.67. The van der Waals surface area contributed by atoms with Crippen LogP contribution < -0.4 is 0 Å². The fourth-order valence-electron chi connectivity index (χ4n) is 4.57. The minimum atomic E-state index is -0.940. The zero-order chi connectivity index (χ0) is 22.7. The Morgan fingerprint density at radius 3 is 2.28 bits per heavy atom. The lowest BCUT2D eigenvalue weighted by molar-refractivity contribution is 0.0620. The largest absolute Gasteiger partial charge is 0.339 e. The van der Waals surface area contributed by atoms with Gasteiger partial charge in [-0.15, -0.1) is 0 Å². The molecule has 2 heterocycles. The molecule has 0 aliphatic carbocycles. The molecule has 1 aliphatic rings. The molecule has 0 spiro atoms. The van der Waals surface area contributed by atoms with Gasteiger partial charge in [-0.05, 0) is 54.3 Å². The van der Waals surface area contributed by atoms with Crippen molar-refractivity contribution in [3.63, 3.8) is 0 Å². The summed E-state index contributed by atoms with van der Waals surface area (Å²) in [5.41, 5.74) is 1.30. The normalized spacial score (nSPS) is 16.2. The van der Waals surface area contributed by atoms with Gasteiger partial charge in [0.2, 0.25) is 0 Å². The van der Waals surface area contributed by atoms with Crippen molar-refractivity contribution in [2.45, 2.75) is 25.7 Å². The molecule has 0 radical (unpaired) electrons. The Hall–Kier alpha value is -3.59. The number of nitriles is 1. The van der Waals surface area contributed by atoms with Gasteiger partial charge >= 0.3 is 0 Å². The molecule has 2 aromatic carbocycles. The van der Waals surface area contributed by atoms with Crippen LogP contribution in [0.2, 0.25) is 0 Å². The highest BCUT2D eigenvalue weighted by Gasteiger charge is 2.43. The summed E-state index contributed by atoms with van der Waals surface area (Å²) in [6.45, 7) is 2.38. The summed E-state index contributed by atoms with van der Waals surface area (Å²) in [7, 11) is 0. The van der Waals surface area contributed by atoms with Gasteiger partial charge in [0, 0.05) is 42.5 Å². The van der Waals surface area contributed by atoms with Crippen LogP contribution >= 0.6 is 0 Å². The van der Waals surface area contributed by atoms with Crippen molar-refractivity contribution in [2.24, 2.45) is 5.41 Å². The van der Waals surface area contributed by atoms with E-state index in [1.165, 1.54) is 18.2 Å². The van der Waals surface area contributed by atoms with Gasteiger partial charge in [0.25, 0.3) is 5.91 Å². The number of carbonyl (C=O) groups is 1. The molecule has 1 aliphatic heterocycles. The van der Waals surface area contributed by atoms with Crippen LogP contribution in [0, 0.1) is 28.4 Å². The topological polar surface area (TPSA) is 57.0 Å². The van der Waals surface area contributed by atoms with E-state index in [0.29, 0.717) is 31.5 Å². The third kappa shape index (κ3) is 3.87. The molecule has 1 saturated heterocycles. The van der Waals surface area contributed by atoms with E-state index in [9.17, 15) is 18.8 Å². The second-order valence-corrected chi connectivity index (χ2v) is 8.20. The van der Waals surface area contributed by atoms with E-state index in [1.54, 1.807) is 30.3 Å². The number of carbonyl (C=O) groups excluding carboxylic acids is 1. The van der Waals surface area contributed by atoms with Crippen LogP contribution in [-0.2, 0) is 0 Å². The maximum atomic E-state index is 14.4. The summed E-state index contributed by atoms with van der Waals surface area (Å²) in [5.74, 6) is -2.03. The van der Waals surface area contributed by atoms with Crippen molar-refractivity contribution >= 4 is 5.91 Å². The summed E-state index contributed by atoms with van der Waals surface area (Å²) in [4.78, 5) is 19.1. The Morgan fingerprint density at radius 1 is 1.03 bits per heavy atom. The van der Waals surface area contributed by atoms with Crippen LogP contribution in [0.5, 0.6) is 0 Å². The number of rotatable bonds is 4. The number of benzene rings is 2. The summed E-state index contributed by atoms with van der Waals surface area (Å²) >= 11 is 0. The van der Waals surface area contributed by atoms with Crippen molar-refractivity contribution < 1.29 is 13.6 Å². The highest BCUT2D eigenvalue weighted by molar-refractivity contribution is 6.00. The van der Waals surface area contributed by atoms with E-state index in [4.69, 9.17) is 0 Å². The number of piperidine rings is 1. The number of amides is 1. The molecule has 4 nitrogen and oxygen atoms in total. The number of hydrogen-bond acceptors (Lipinski definition) is 3. The predicted molar refractivity (Wildman–Crippen MR) is 118 cm³/mol. The fourth-order valence-corrected chi connectivity index (χ4v) is 4.57. The standard InChI is InChI=1S/C26H23F2N3O/c1-18(24-22(27)7-4-8-23(24)28)26(17-29)11-15-31(16-12-26)25(32)21-6-3-2-5-20(21)19-9-13-30-14-10-19/h2-10,13-14,18H,11-12,15-16H2,1H3/t18-/m1/s1. The van der Waals surface area contributed by atoms with Gasteiger partial charge < -0.3 is 4.90 Å². The van der Waals surface area contributed by atoms with E-state index in [0.717, 1.165) is 11.1 Å². The van der Waals surface area contributed by atoms with Crippen molar-refractivity contribution in [1.29, 1.82) is 5.26 Å². The summed E-state index contributed by atoms with van der Waals surface area (Å²) in [5, 5.41) is 9.99. The third-order valence-corrected chi connectivity index (χ3v) is 6.58. The molecular formula is C26H23F2N3O. The van der Waals surface area contributed by atoms with Gasteiger partial charge in [0.05, 0.1) is 11.5 Å². The number of halogens is 2. The van der Waals surface area contributed by atoms with Gasteiger partial charge in [-0.25, -0.2) is 8.78 Å². The van der Waals surface area contributed by atoms with E-state index >= 15 is 0 Å². The molecule has 162 valence electrons. The first-order valence-electron chi connectivity index (χ1n) is 10.6. The van der Waals surface area contributed by atoms with Crippen molar-refractivity contribution in [3.05, 3.63) is 89.8 Å². The third-order valence-electron chi connectivity index (χ3n) is 6.58. The summed E-state index contributed by atoms with van der Waals surface area (Å²) in [6.07, 6.45) is 4.06. The first kappa shape index (κ1) is 21.6. The zero-order valence-corrected chi connectivity index (χ0v) is 17.8. The number of aromatic nitrogens is 1. The molecule has 1 fully saturated rings. The van der Waals surface area contributed by atoms with Gasteiger partial charge in [-0.2, -0.15) is 5.26 Å². The molecule has 0 bridgehead atoms. The van der Waals surface area contributed by atoms with Crippen molar-refractivity contribution in [3.8, 4) is 17.2 Å². The monoisotopic (exact) mass is 431 g/mol. The molecule has 1 aromatic heterocycles. The number of hydrogen-bond donors (Lipinski definition) is 0. The van der Waals surface area contributed by atoms with Crippen LogP contribution in [0.4, 0.5) is 8.78 Å². The lowest BCUT2D eigenvalue weighted by Gasteiger charge is -2.41. The molecule has 0 N–H and O–H groups in total. The minimum Gasteiger partial charge on any atom is -0.339 e. The smallest absolute Gasteiger partial charge is 0.254 e. The summed E-state index contributed by atoms with van der Waals surface area (Å²) in [6, 6.07) is 17.2. The molecule has 32 heavy (non-hydrogen) atoms. The molecule has 6 heteroatoms. The second kappa shape index (κ2) is 8.88. The van der Waals surface area contributed by atoms with E-state index in [1.807, 2.05) is 30.3 Å². The Balaban J connectivity index is 1.56. The number of nitrogens with zero attached hydrogens (tertiary/aromatic N) is 3. The predicted octanol–water partition coefficient (Wildman–Crippen LogP) is 5.58. The molecule has 0 unspecified atom stereocenters. The highest BCUT2D eigenvalue weighted by atomic mass is 19.1. The highest BCUT2D eigenvalue weighted by Crippen LogP contribution is 2.45. The fraction of sp³-hybridized carbons (Fsp3) is 0.269. The molecule has 0 saturated carbocycles. The molecule has 1 amide bonds. The molecular weight excluding hydrogens is 408 g/mol. The Bertz CT molecular complexity index is 1140. The quantitative estimate of drug-likeness (QED) is 0.542. The van der Waals surface area contributed by atoms with E-state index in [-0.39, 0.29) is 11.5 Å². The van der Waals surface area contributed by atoms with Crippen LogP contribution in [0.3, 0.4) is 0 Å². The van der Waals surface area contributed by atoms with Crippen LogP contribution in [0.1, 0.15) is 41.6 Å². The Morgan fingerprint density at radius 2 is 1.66 bits per heavy atom. The number of pyridine rings is 1. The van der Waals surface area contributed by atoms with E-state index < -0.39 is 23.0 Å². The molecule has 1 atom stereocenters. The van der Waals surface area contributed by atoms with E-state index in [2.05, 4.69) is 11.1 Å². The SMILES string of the molecule is C[C@H](c1c(F)cccc1F)C1(C#N)CCN(C(=O)c2ccccc2-c2ccncc2)CC1. The Kier molecular flexibility index (Phi) is 6.00. The first-order valence-corrected chi connectivity index (χ1v) is 10.6. The van der Waals surface area contributed by atoms with Crippen molar-refractivity contribution in [1.82, 2.24) is 9.88 Å². The van der Waals surface area contributed by atoms with Gasteiger partial charge in [-0.3, -0.25) is 9.78 Å². The first-order chi connectivity index (χ1) is 15.5. The average Bonchev–Trinajstić information content (AvgIpc) is 2.84. The van der Waals surface area contributed by atoms with Gasteiger partial charge in [0.15, 0.2) is 0 Å². The maximum Gasteiger partial charge on any atom is 0.254 e. The molecule has 3 aromatic rings. The second-order valence-electron chi connectivity index (χ2n) is 8.20. The summed E-state index contributed by atoms with van der Waals surface area (Å²) < 4.78 is 28.8. The van der Waals surface area contributed by atoms with Gasteiger partial charge in [0.1, 0.15) is 11.6 Å². The Labute approximate surface area is 186 Å². The van der Waals surface area contributed by atoms with Crippen LogP contribution in [0.25, 0.3) is 11.1 Å². The zero-order valence-electron chi connectivity index (χ0n) is 17.8. The maximum absolute atomic E-state index is 14.4. The van der Waals surface area contributed by atoms with Gasteiger partial charge in [-0.1, -0.05) is 31.2 Å². The van der Waals surface area contributed by atoms with Crippen molar-refractivity contribution in [2.75, 3.05) is 13.1 Å². The average molecular weight is 431 g/mol. The van der Waals surface area contributed by atoms with Crippen LogP contribution in [-0.4, -0.2) is 28.9 Å².